The van der Waals surface area contributed by atoms with Gasteiger partial charge >= 0.3 is 5.97 Å². The maximum atomic E-state index is 10.9. The van der Waals surface area contributed by atoms with Crippen molar-refractivity contribution in [1.82, 2.24) is 4.98 Å². The Labute approximate surface area is 120 Å². The second-order valence-corrected chi connectivity index (χ2v) is 4.35. The number of aromatic carboxylic acids is 1. The van der Waals surface area contributed by atoms with Crippen molar-refractivity contribution in [2.75, 3.05) is 0 Å². The van der Waals surface area contributed by atoms with Crippen LogP contribution in [0.1, 0.15) is 21.5 Å². The predicted molar refractivity (Wildman–Crippen MR) is 72.2 cm³/mol. The zero-order valence-electron chi connectivity index (χ0n) is 10.4. The standard InChI is InChI=1S/C14H9ClN2O3/c1-8-2-3-9(14(18)19)6-11(8)20-13-12(15)10(7-16)4-5-17-13/h2-6H,1H3,(H,18,19). The lowest BCUT2D eigenvalue weighted by atomic mass is 10.1. The number of carboxylic acid groups (broad SMARTS) is 1. The SMILES string of the molecule is Cc1ccc(C(=O)O)cc1Oc1nccc(C#N)c1Cl. The van der Waals surface area contributed by atoms with Gasteiger partial charge in [0, 0.05) is 6.20 Å². The van der Waals surface area contributed by atoms with Crippen LogP contribution in [0.2, 0.25) is 5.02 Å². The van der Waals surface area contributed by atoms with E-state index in [1.165, 1.54) is 24.4 Å². The lowest BCUT2D eigenvalue weighted by molar-refractivity contribution is 0.0696. The first kappa shape index (κ1) is 13.8. The summed E-state index contributed by atoms with van der Waals surface area (Å²) in [5.41, 5.74) is 1.07. The number of nitriles is 1. The number of halogens is 1. The number of pyridine rings is 1. The number of carboxylic acids is 1. The number of ether oxygens (including phenoxy) is 1. The van der Waals surface area contributed by atoms with Gasteiger partial charge in [0.15, 0.2) is 0 Å². The first-order chi connectivity index (χ1) is 9.52. The minimum atomic E-state index is -1.06. The van der Waals surface area contributed by atoms with Gasteiger partial charge in [-0.15, -0.1) is 0 Å². The number of aromatic nitrogens is 1. The molecule has 1 N–H and O–H groups in total. The van der Waals surface area contributed by atoms with Gasteiger partial charge in [-0.25, -0.2) is 9.78 Å². The van der Waals surface area contributed by atoms with Crippen molar-refractivity contribution in [2.24, 2.45) is 0 Å². The second kappa shape index (κ2) is 5.59. The summed E-state index contributed by atoms with van der Waals surface area (Å²) in [5, 5.41) is 17.9. The summed E-state index contributed by atoms with van der Waals surface area (Å²) in [4.78, 5) is 14.9. The first-order valence-electron chi connectivity index (χ1n) is 5.59. The molecule has 0 fully saturated rings. The van der Waals surface area contributed by atoms with Crippen LogP contribution < -0.4 is 4.74 Å². The molecule has 5 nitrogen and oxygen atoms in total. The third kappa shape index (κ3) is 2.71. The molecule has 0 aliphatic rings. The maximum Gasteiger partial charge on any atom is 0.335 e. The fourth-order valence-corrected chi connectivity index (χ4v) is 1.72. The van der Waals surface area contributed by atoms with Crippen LogP contribution in [0.3, 0.4) is 0 Å². The molecule has 0 bridgehead atoms. The highest BCUT2D eigenvalue weighted by Gasteiger charge is 2.12. The van der Waals surface area contributed by atoms with Crippen LogP contribution in [0, 0.1) is 18.3 Å². The van der Waals surface area contributed by atoms with Gasteiger partial charge in [-0.3, -0.25) is 0 Å². The van der Waals surface area contributed by atoms with Crippen LogP contribution in [0.25, 0.3) is 0 Å². The first-order valence-corrected chi connectivity index (χ1v) is 5.97. The molecule has 0 unspecified atom stereocenters. The lowest BCUT2D eigenvalue weighted by Gasteiger charge is -2.10. The second-order valence-electron chi connectivity index (χ2n) is 3.98. The van der Waals surface area contributed by atoms with E-state index in [0.717, 1.165) is 5.56 Å². The van der Waals surface area contributed by atoms with Gasteiger partial charge in [0.2, 0.25) is 5.88 Å². The van der Waals surface area contributed by atoms with Gasteiger partial charge in [-0.2, -0.15) is 5.26 Å². The molecule has 0 radical (unpaired) electrons. The van der Waals surface area contributed by atoms with Crippen molar-refractivity contribution in [1.29, 1.82) is 5.26 Å². The summed E-state index contributed by atoms with van der Waals surface area (Å²) < 4.78 is 5.52. The number of aryl methyl sites for hydroxylation is 1. The molecule has 2 rings (SSSR count). The van der Waals surface area contributed by atoms with Crippen LogP contribution in [0.15, 0.2) is 30.5 Å². The van der Waals surface area contributed by atoms with Gasteiger partial charge in [-0.05, 0) is 30.7 Å². The van der Waals surface area contributed by atoms with E-state index in [2.05, 4.69) is 4.98 Å². The van der Waals surface area contributed by atoms with E-state index < -0.39 is 5.97 Å². The molecule has 1 aromatic carbocycles. The molecule has 100 valence electrons. The molecule has 1 aromatic heterocycles. The van der Waals surface area contributed by atoms with Crippen molar-refractivity contribution in [3.63, 3.8) is 0 Å². The molecule has 0 saturated carbocycles. The van der Waals surface area contributed by atoms with Crippen molar-refractivity contribution < 1.29 is 14.6 Å². The Hall–Kier alpha value is -2.58. The van der Waals surface area contributed by atoms with Crippen molar-refractivity contribution in [2.45, 2.75) is 6.92 Å². The Morgan fingerprint density at radius 1 is 1.45 bits per heavy atom. The molecule has 1 heterocycles. The number of hydrogen-bond acceptors (Lipinski definition) is 4. The molecule has 6 heteroatoms. The number of nitrogens with zero attached hydrogens (tertiary/aromatic N) is 2. The van der Waals surface area contributed by atoms with Crippen molar-refractivity contribution in [3.05, 3.63) is 52.2 Å². The molecule has 0 saturated heterocycles. The average Bonchev–Trinajstić information content (AvgIpc) is 2.43. The van der Waals surface area contributed by atoms with Crippen LogP contribution >= 0.6 is 11.6 Å². The van der Waals surface area contributed by atoms with E-state index in [1.807, 2.05) is 6.07 Å². The average molecular weight is 289 g/mol. The summed E-state index contributed by atoms with van der Waals surface area (Å²) in [6.45, 7) is 1.77. The van der Waals surface area contributed by atoms with E-state index in [0.29, 0.717) is 5.75 Å². The fourth-order valence-electron chi connectivity index (χ4n) is 1.53. The van der Waals surface area contributed by atoms with Crippen LogP contribution in [0.4, 0.5) is 0 Å². The maximum absolute atomic E-state index is 10.9. The molecule has 20 heavy (non-hydrogen) atoms. The normalized spacial score (nSPS) is 9.85. The summed E-state index contributed by atoms with van der Waals surface area (Å²) >= 11 is 5.99. The third-order valence-electron chi connectivity index (χ3n) is 2.62. The Bertz CT molecular complexity index is 723. The predicted octanol–water partition coefficient (Wildman–Crippen LogP) is 3.41. The number of hydrogen-bond donors (Lipinski definition) is 1. The monoisotopic (exact) mass is 288 g/mol. The molecular weight excluding hydrogens is 280 g/mol. The van der Waals surface area contributed by atoms with Crippen molar-refractivity contribution >= 4 is 17.6 Å². The van der Waals surface area contributed by atoms with Gasteiger partial charge in [-0.1, -0.05) is 17.7 Å². The van der Waals surface area contributed by atoms with Crippen LogP contribution in [-0.2, 0) is 0 Å². The zero-order valence-corrected chi connectivity index (χ0v) is 11.2. The summed E-state index contributed by atoms with van der Waals surface area (Å²) in [6, 6.07) is 7.87. The van der Waals surface area contributed by atoms with Gasteiger partial charge < -0.3 is 9.84 Å². The van der Waals surface area contributed by atoms with Crippen LogP contribution in [-0.4, -0.2) is 16.1 Å². The smallest absolute Gasteiger partial charge is 0.335 e. The largest absolute Gasteiger partial charge is 0.478 e. The minimum Gasteiger partial charge on any atom is -0.478 e. The fraction of sp³-hybridized carbons (Fsp3) is 0.0714. The van der Waals surface area contributed by atoms with E-state index in [4.69, 9.17) is 26.7 Å². The topological polar surface area (TPSA) is 83.2 Å². The molecule has 0 aliphatic carbocycles. The molecule has 0 atom stereocenters. The van der Waals surface area contributed by atoms with E-state index >= 15 is 0 Å². The van der Waals surface area contributed by atoms with E-state index in [1.54, 1.807) is 13.0 Å². The summed E-state index contributed by atoms with van der Waals surface area (Å²) in [5.74, 6) is -0.662. The Morgan fingerprint density at radius 3 is 2.85 bits per heavy atom. The number of rotatable bonds is 3. The summed E-state index contributed by atoms with van der Waals surface area (Å²) in [6.07, 6.45) is 1.40. The quantitative estimate of drug-likeness (QED) is 0.935. The van der Waals surface area contributed by atoms with Gasteiger partial charge in [0.1, 0.15) is 16.8 Å². The molecule has 0 spiro atoms. The zero-order chi connectivity index (χ0) is 14.7. The van der Waals surface area contributed by atoms with Gasteiger partial charge in [0.25, 0.3) is 0 Å². The molecular formula is C14H9ClN2O3. The van der Waals surface area contributed by atoms with E-state index in [9.17, 15) is 4.79 Å². The number of carbonyl (C=O) groups is 1. The Kier molecular flexibility index (Phi) is 3.87. The number of benzene rings is 1. The lowest BCUT2D eigenvalue weighted by Crippen LogP contribution is -1.99. The minimum absolute atomic E-state index is 0.0661. The Balaban J connectivity index is 2.43. The summed E-state index contributed by atoms with van der Waals surface area (Å²) in [7, 11) is 0. The molecule has 2 aromatic rings. The Morgan fingerprint density at radius 2 is 2.20 bits per heavy atom. The van der Waals surface area contributed by atoms with Crippen molar-refractivity contribution in [3.8, 4) is 17.7 Å². The molecule has 0 aliphatic heterocycles. The third-order valence-corrected chi connectivity index (χ3v) is 2.98. The highest BCUT2D eigenvalue weighted by atomic mass is 35.5. The molecule has 0 amide bonds. The van der Waals surface area contributed by atoms with Gasteiger partial charge in [0.05, 0.1) is 11.1 Å². The van der Waals surface area contributed by atoms with E-state index in [-0.39, 0.29) is 22.0 Å². The highest BCUT2D eigenvalue weighted by Crippen LogP contribution is 2.31. The highest BCUT2D eigenvalue weighted by molar-refractivity contribution is 6.33. The van der Waals surface area contributed by atoms with Crippen LogP contribution in [0.5, 0.6) is 11.6 Å².